The molecule has 218 valence electrons. The van der Waals surface area contributed by atoms with Crippen molar-refractivity contribution in [3.05, 3.63) is 101 Å². The lowest BCUT2D eigenvalue weighted by Crippen LogP contribution is -2.55. The van der Waals surface area contributed by atoms with Crippen LogP contribution in [0.3, 0.4) is 0 Å². The van der Waals surface area contributed by atoms with Gasteiger partial charge in [-0.25, -0.2) is 0 Å². The van der Waals surface area contributed by atoms with E-state index in [1.807, 2.05) is 67.6 Å². The predicted molar refractivity (Wildman–Crippen MR) is 165 cm³/mol. The van der Waals surface area contributed by atoms with Crippen LogP contribution in [-0.4, -0.2) is 55.9 Å². The number of likely N-dealkylation sites (tertiary alicyclic amines) is 1. The molecule has 3 fully saturated rings. The second-order valence-electron chi connectivity index (χ2n) is 11.7. The Labute approximate surface area is 255 Å². The average Bonchev–Trinajstić information content (AvgIpc) is 3.57. The van der Waals surface area contributed by atoms with Crippen LogP contribution >= 0.6 is 23.4 Å². The Morgan fingerprint density at radius 2 is 1.62 bits per heavy atom. The summed E-state index contributed by atoms with van der Waals surface area (Å²) >= 11 is 8.01. The summed E-state index contributed by atoms with van der Waals surface area (Å²) in [5.41, 5.74) is 2.38. The monoisotopic (exact) mass is 603 g/mol. The van der Waals surface area contributed by atoms with Crippen molar-refractivity contribution < 1.29 is 19.5 Å². The van der Waals surface area contributed by atoms with E-state index in [0.29, 0.717) is 36.5 Å². The van der Waals surface area contributed by atoms with Crippen molar-refractivity contribution in [1.82, 2.24) is 10.2 Å². The first-order valence-electron chi connectivity index (χ1n) is 14.3. The first-order chi connectivity index (χ1) is 20.3. The number of hydrogen-bond acceptors (Lipinski definition) is 5. The molecule has 6 rings (SSSR count). The number of hydrogen-bond donors (Lipinski definition) is 3. The summed E-state index contributed by atoms with van der Waals surface area (Å²) in [5.74, 6) is -2.08. The minimum Gasteiger partial charge on any atom is -0.394 e. The van der Waals surface area contributed by atoms with Crippen LogP contribution in [0.4, 0.5) is 5.69 Å². The smallest absolute Gasteiger partial charge is 0.248 e. The molecular formula is C33H34ClN3O4S. The largest absolute Gasteiger partial charge is 0.394 e. The van der Waals surface area contributed by atoms with E-state index >= 15 is 0 Å². The molecule has 2 bridgehead atoms. The summed E-state index contributed by atoms with van der Waals surface area (Å²) < 4.78 is -1.31. The van der Waals surface area contributed by atoms with E-state index in [4.69, 9.17) is 11.6 Å². The number of aliphatic hydroxyl groups excluding tert-OH is 1. The number of thioether (sulfide) groups is 1. The van der Waals surface area contributed by atoms with Crippen molar-refractivity contribution in [3.8, 4) is 0 Å². The van der Waals surface area contributed by atoms with Gasteiger partial charge in [-0.05, 0) is 49.4 Å². The van der Waals surface area contributed by atoms with Gasteiger partial charge in [-0.1, -0.05) is 84.4 Å². The topological polar surface area (TPSA) is 98.7 Å². The van der Waals surface area contributed by atoms with Crippen LogP contribution in [-0.2, 0) is 27.3 Å². The fraction of sp³-hybridized carbons (Fsp3) is 0.364. The highest BCUT2D eigenvalue weighted by Crippen LogP contribution is 2.71. The van der Waals surface area contributed by atoms with Crippen LogP contribution in [0, 0.1) is 11.8 Å². The number of amides is 3. The summed E-state index contributed by atoms with van der Waals surface area (Å²) in [6, 6.07) is 24.8. The SMILES string of the molecule is C[C@@]12CCC3(S1)C(C(=O)Nc1ccccc1Cl)N([C@@H](CO)Cc1ccccc1)C(=O)[C@@H]3[C@@H]2C(=O)NCc1ccccc1. The Bertz CT molecular complexity index is 1490. The standard InChI is InChI=1S/C33H34ClN3O4S/c1-32-16-17-33(42-32)27(26(32)29(39)35-19-22-12-6-3-7-13-22)31(41)37(23(20-38)18-21-10-4-2-5-11-21)28(33)30(40)36-25-15-9-8-14-24(25)34/h2-15,23,26-28,38H,16-20H2,1H3,(H,35,39)(H,36,40)/t23-,26-,27+,28?,32+,33?/m1/s1. The predicted octanol–water partition coefficient (Wildman–Crippen LogP) is 4.68. The van der Waals surface area contributed by atoms with Crippen molar-refractivity contribution in [2.45, 2.75) is 54.3 Å². The molecule has 3 amide bonds. The lowest BCUT2D eigenvalue weighted by molar-refractivity contribution is -0.142. The van der Waals surface area contributed by atoms with Crippen LogP contribution in [0.25, 0.3) is 0 Å². The molecule has 3 heterocycles. The zero-order valence-electron chi connectivity index (χ0n) is 23.3. The molecule has 6 atom stereocenters. The molecule has 42 heavy (non-hydrogen) atoms. The lowest BCUT2D eigenvalue weighted by Gasteiger charge is -2.37. The summed E-state index contributed by atoms with van der Waals surface area (Å²) in [7, 11) is 0. The quantitative estimate of drug-likeness (QED) is 0.330. The number of fused-ring (bicyclic) bond motifs is 1. The average molecular weight is 604 g/mol. The molecule has 1 spiro atoms. The van der Waals surface area contributed by atoms with Gasteiger partial charge in [0.05, 0.1) is 39.9 Å². The van der Waals surface area contributed by atoms with Crippen molar-refractivity contribution in [2.75, 3.05) is 11.9 Å². The fourth-order valence-corrected chi connectivity index (χ4v) is 9.78. The first kappa shape index (κ1) is 28.8. The number of rotatable bonds is 9. The maximum absolute atomic E-state index is 14.5. The third-order valence-electron chi connectivity index (χ3n) is 9.10. The summed E-state index contributed by atoms with van der Waals surface area (Å²) in [4.78, 5) is 44.3. The van der Waals surface area contributed by atoms with Gasteiger partial charge in [0.25, 0.3) is 0 Å². The molecule has 3 N–H and O–H groups in total. The summed E-state index contributed by atoms with van der Waals surface area (Å²) in [6.07, 6.45) is 1.71. The van der Waals surface area contributed by atoms with Crippen molar-refractivity contribution in [1.29, 1.82) is 0 Å². The zero-order valence-corrected chi connectivity index (χ0v) is 24.9. The van der Waals surface area contributed by atoms with Crippen molar-refractivity contribution in [2.24, 2.45) is 11.8 Å². The van der Waals surface area contributed by atoms with Gasteiger partial charge in [0.15, 0.2) is 0 Å². The van der Waals surface area contributed by atoms with Crippen LogP contribution in [0.5, 0.6) is 0 Å². The molecule has 3 aliphatic heterocycles. The van der Waals surface area contributed by atoms with Crippen LogP contribution in [0.2, 0.25) is 5.02 Å². The van der Waals surface area contributed by atoms with E-state index in [2.05, 4.69) is 10.6 Å². The highest BCUT2D eigenvalue weighted by molar-refractivity contribution is 8.02. The van der Waals surface area contributed by atoms with E-state index in [1.165, 1.54) is 0 Å². The second-order valence-corrected chi connectivity index (χ2v) is 14.0. The number of carbonyl (C=O) groups excluding carboxylic acids is 3. The Morgan fingerprint density at radius 3 is 2.29 bits per heavy atom. The zero-order chi connectivity index (χ0) is 29.5. The van der Waals surface area contributed by atoms with Crippen LogP contribution in [0.15, 0.2) is 84.9 Å². The maximum atomic E-state index is 14.5. The summed E-state index contributed by atoms with van der Waals surface area (Å²) in [5, 5.41) is 17.1. The van der Waals surface area contributed by atoms with E-state index in [1.54, 1.807) is 40.9 Å². The van der Waals surface area contributed by atoms with Crippen molar-refractivity contribution in [3.63, 3.8) is 0 Å². The number of carbonyl (C=O) groups is 3. The number of halogens is 1. The molecule has 7 nitrogen and oxygen atoms in total. The van der Waals surface area contributed by atoms with Gasteiger partial charge in [0.2, 0.25) is 17.7 Å². The number of para-hydroxylation sites is 1. The van der Waals surface area contributed by atoms with E-state index in [-0.39, 0.29) is 24.3 Å². The molecule has 0 radical (unpaired) electrons. The molecule has 3 aromatic rings. The Hall–Kier alpha value is -3.33. The minimum absolute atomic E-state index is 0.176. The normalized spacial score (nSPS) is 28.4. The fourth-order valence-electron chi connectivity index (χ4n) is 7.25. The second kappa shape index (κ2) is 11.4. The Kier molecular flexibility index (Phi) is 7.81. The van der Waals surface area contributed by atoms with Gasteiger partial charge >= 0.3 is 0 Å². The third kappa shape index (κ3) is 4.89. The number of aliphatic hydroxyl groups is 1. The van der Waals surface area contributed by atoms with Gasteiger partial charge in [0, 0.05) is 11.3 Å². The maximum Gasteiger partial charge on any atom is 0.248 e. The van der Waals surface area contributed by atoms with E-state index < -0.39 is 33.4 Å². The molecular weight excluding hydrogens is 570 g/mol. The molecule has 9 heteroatoms. The lowest BCUT2D eigenvalue weighted by atomic mass is 9.66. The molecule has 3 saturated heterocycles. The van der Waals surface area contributed by atoms with E-state index in [9.17, 15) is 19.5 Å². The van der Waals surface area contributed by atoms with Crippen LogP contribution < -0.4 is 10.6 Å². The highest BCUT2D eigenvalue weighted by Gasteiger charge is 2.77. The van der Waals surface area contributed by atoms with Gasteiger partial charge in [-0.15, -0.1) is 11.8 Å². The summed E-state index contributed by atoms with van der Waals surface area (Å²) in [6.45, 7) is 2.09. The number of benzene rings is 3. The molecule has 3 aromatic carbocycles. The first-order valence-corrected chi connectivity index (χ1v) is 15.5. The molecule has 0 aromatic heterocycles. The van der Waals surface area contributed by atoms with Gasteiger partial charge in [-0.3, -0.25) is 14.4 Å². The van der Waals surface area contributed by atoms with E-state index in [0.717, 1.165) is 11.1 Å². The van der Waals surface area contributed by atoms with Crippen molar-refractivity contribution >= 4 is 46.8 Å². The Morgan fingerprint density at radius 1 is 0.976 bits per heavy atom. The minimum atomic E-state index is -0.883. The molecule has 3 aliphatic rings. The molecule has 2 unspecified atom stereocenters. The molecule has 0 saturated carbocycles. The molecule has 0 aliphatic carbocycles. The van der Waals surface area contributed by atoms with Gasteiger partial charge in [0.1, 0.15) is 6.04 Å². The number of nitrogens with one attached hydrogen (secondary N) is 2. The Balaban J connectivity index is 1.37. The van der Waals surface area contributed by atoms with Crippen LogP contribution in [0.1, 0.15) is 30.9 Å². The third-order valence-corrected chi connectivity index (χ3v) is 11.4. The highest BCUT2D eigenvalue weighted by atomic mass is 35.5. The van der Waals surface area contributed by atoms with Gasteiger partial charge < -0.3 is 20.6 Å². The number of anilines is 1. The number of nitrogens with zero attached hydrogens (tertiary/aromatic N) is 1. The van der Waals surface area contributed by atoms with Gasteiger partial charge in [-0.2, -0.15) is 0 Å².